The molecule has 0 bridgehead atoms. The third kappa shape index (κ3) is 6.91. The van der Waals surface area contributed by atoms with Gasteiger partial charge in [-0.3, -0.25) is 0 Å². The molecule has 0 saturated carbocycles. The van der Waals surface area contributed by atoms with Crippen LogP contribution in [0.3, 0.4) is 0 Å². The molecule has 0 heteroatoms. The van der Waals surface area contributed by atoms with E-state index in [2.05, 4.69) is 90.1 Å². The Hall–Kier alpha value is -1.56. The Morgan fingerprint density at radius 1 is 0.458 bits per heavy atom. The Morgan fingerprint density at radius 2 is 0.708 bits per heavy atom. The molecule has 0 amide bonds. The van der Waals surface area contributed by atoms with Gasteiger partial charge < -0.3 is 0 Å². The van der Waals surface area contributed by atoms with E-state index in [0.29, 0.717) is 10.8 Å². The monoisotopic (exact) mass is 322 g/mol. The van der Waals surface area contributed by atoms with Crippen LogP contribution in [0, 0.1) is 10.8 Å². The maximum absolute atomic E-state index is 2.30. The Labute approximate surface area is 149 Å². The topological polar surface area (TPSA) is 0 Å². The summed E-state index contributed by atoms with van der Waals surface area (Å²) in [5.41, 5.74) is 6.47. The van der Waals surface area contributed by atoms with Crippen LogP contribution in [0.5, 0.6) is 0 Å². The van der Waals surface area contributed by atoms with E-state index >= 15 is 0 Å². The number of hydrogen-bond donors (Lipinski definition) is 0. The molecular weight excluding hydrogens is 288 g/mol. The lowest BCUT2D eigenvalue weighted by molar-refractivity contribution is 0.411. The standard InChI is InChI=1S/C24H34/c1-23(2,3)17-21-13-9-19(10-14-21)7-8-20-11-15-22(16-12-20)18-24(4,5)6/h9-16H,7-8,17-18H2,1-6H3. The van der Waals surface area contributed by atoms with E-state index in [0.717, 1.165) is 25.7 Å². The van der Waals surface area contributed by atoms with E-state index < -0.39 is 0 Å². The molecule has 0 nitrogen and oxygen atoms in total. The van der Waals surface area contributed by atoms with Gasteiger partial charge in [0.1, 0.15) is 0 Å². The van der Waals surface area contributed by atoms with E-state index in [4.69, 9.17) is 0 Å². The molecule has 0 N–H and O–H groups in total. The van der Waals surface area contributed by atoms with Gasteiger partial charge in [-0.2, -0.15) is 0 Å². The van der Waals surface area contributed by atoms with Crippen LogP contribution in [0.25, 0.3) is 0 Å². The molecular formula is C24H34. The first-order valence-corrected chi connectivity index (χ1v) is 9.26. The predicted octanol–water partition coefficient (Wildman–Crippen LogP) is 6.65. The highest BCUT2D eigenvalue weighted by molar-refractivity contribution is 5.27. The van der Waals surface area contributed by atoms with E-state index in [-0.39, 0.29) is 0 Å². The first kappa shape index (κ1) is 18.8. The summed E-state index contributed by atoms with van der Waals surface area (Å²) in [6.45, 7) is 13.8. The van der Waals surface area contributed by atoms with E-state index in [9.17, 15) is 0 Å². The second-order valence-corrected chi connectivity index (χ2v) is 9.61. The van der Waals surface area contributed by atoms with Gasteiger partial charge in [-0.25, -0.2) is 0 Å². The van der Waals surface area contributed by atoms with Crippen LogP contribution in [0.1, 0.15) is 63.8 Å². The Bertz CT molecular complexity index is 556. The van der Waals surface area contributed by atoms with Crippen molar-refractivity contribution in [3.05, 3.63) is 70.8 Å². The normalized spacial score (nSPS) is 12.4. The zero-order valence-electron chi connectivity index (χ0n) is 16.4. The Balaban J connectivity index is 1.89. The summed E-state index contributed by atoms with van der Waals surface area (Å²) in [5, 5.41) is 0. The number of benzene rings is 2. The third-order valence-corrected chi connectivity index (χ3v) is 4.22. The largest absolute Gasteiger partial charge is 0.0599 e. The molecule has 0 aliphatic rings. The number of aryl methyl sites for hydroxylation is 2. The molecule has 0 aliphatic carbocycles. The second-order valence-electron chi connectivity index (χ2n) is 9.61. The summed E-state index contributed by atoms with van der Waals surface area (Å²) < 4.78 is 0. The van der Waals surface area contributed by atoms with E-state index in [1.54, 1.807) is 0 Å². The summed E-state index contributed by atoms with van der Waals surface area (Å²) in [6, 6.07) is 18.4. The molecule has 0 fully saturated rings. The van der Waals surface area contributed by atoms with Crippen LogP contribution in [0.2, 0.25) is 0 Å². The zero-order chi connectivity index (χ0) is 17.8. The SMILES string of the molecule is CC(C)(C)Cc1ccc(CCc2ccc(CC(C)(C)C)cc2)cc1. The highest BCUT2D eigenvalue weighted by atomic mass is 14.2. The summed E-state index contributed by atoms with van der Waals surface area (Å²) in [4.78, 5) is 0. The molecule has 0 saturated heterocycles. The van der Waals surface area contributed by atoms with Gasteiger partial charge in [0, 0.05) is 0 Å². The van der Waals surface area contributed by atoms with Crippen molar-refractivity contribution < 1.29 is 0 Å². The molecule has 24 heavy (non-hydrogen) atoms. The number of rotatable bonds is 5. The summed E-state index contributed by atoms with van der Waals surface area (Å²) in [7, 11) is 0. The maximum atomic E-state index is 2.30. The molecule has 2 aromatic carbocycles. The van der Waals surface area contributed by atoms with Crippen molar-refractivity contribution in [1.29, 1.82) is 0 Å². The molecule has 0 aliphatic heterocycles. The van der Waals surface area contributed by atoms with E-state index in [1.165, 1.54) is 22.3 Å². The Kier molecular flexibility index (Phi) is 5.91. The average molecular weight is 323 g/mol. The van der Waals surface area contributed by atoms with Crippen LogP contribution in [-0.2, 0) is 25.7 Å². The van der Waals surface area contributed by atoms with Crippen molar-refractivity contribution in [3.8, 4) is 0 Å². The van der Waals surface area contributed by atoms with Gasteiger partial charge >= 0.3 is 0 Å². The van der Waals surface area contributed by atoms with Gasteiger partial charge in [0.15, 0.2) is 0 Å². The third-order valence-electron chi connectivity index (χ3n) is 4.22. The van der Waals surface area contributed by atoms with Gasteiger partial charge in [0.2, 0.25) is 0 Å². The quantitative estimate of drug-likeness (QED) is 0.578. The summed E-state index contributed by atoms with van der Waals surface area (Å²) >= 11 is 0. The average Bonchev–Trinajstić information content (AvgIpc) is 2.45. The maximum Gasteiger partial charge on any atom is -0.0230 e. The second kappa shape index (κ2) is 7.55. The van der Waals surface area contributed by atoms with Crippen LogP contribution >= 0.6 is 0 Å². The first-order valence-electron chi connectivity index (χ1n) is 9.26. The van der Waals surface area contributed by atoms with Crippen molar-refractivity contribution >= 4 is 0 Å². The molecule has 2 aromatic rings. The highest BCUT2D eigenvalue weighted by Crippen LogP contribution is 2.22. The van der Waals surface area contributed by atoms with E-state index in [1.807, 2.05) is 0 Å². The zero-order valence-corrected chi connectivity index (χ0v) is 16.4. The minimum absolute atomic E-state index is 0.357. The highest BCUT2D eigenvalue weighted by Gasteiger charge is 2.12. The minimum Gasteiger partial charge on any atom is -0.0599 e. The fraction of sp³-hybridized carbons (Fsp3) is 0.500. The lowest BCUT2D eigenvalue weighted by Crippen LogP contribution is -2.09. The smallest absolute Gasteiger partial charge is 0.0230 e. The molecule has 0 aromatic heterocycles. The van der Waals surface area contributed by atoms with Gasteiger partial charge in [0.05, 0.1) is 0 Å². The van der Waals surface area contributed by atoms with Crippen LogP contribution in [0.4, 0.5) is 0 Å². The summed E-state index contributed by atoms with van der Waals surface area (Å²) in [6.07, 6.45) is 4.52. The molecule has 0 spiro atoms. The van der Waals surface area contributed by atoms with Gasteiger partial charge in [-0.15, -0.1) is 0 Å². The molecule has 130 valence electrons. The predicted molar refractivity (Wildman–Crippen MR) is 107 cm³/mol. The van der Waals surface area contributed by atoms with Crippen LogP contribution < -0.4 is 0 Å². The van der Waals surface area contributed by atoms with Crippen molar-refractivity contribution in [2.75, 3.05) is 0 Å². The molecule has 0 radical (unpaired) electrons. The van der Waals surface area contributed by atoms with Crippen molar-refractivity contribution in [2.24, 2.45) is 10.8 Å². The fourth-order valence-corrected chi connectivity index (χ4v) is 3.16. The van der Waals surface area contributed by atoms with Crippen molar-refractivity contribution in [1.82, 2.24) is 0 Å². The molecule has 2 rings (SSSR count). The lowest BCUT2D eigenvalue weighted by Gasteiger charge is -2.18. The minimum atomic E-state index is 0.357. The summed E-state index contributed by atoms with van der Waals surface area (Å²) in [5.74, 6) is 0. The lowest BCUT2D eigenvalue weighted by atomic mass is 9.87. The van der Waals surface area contributed by atoms with Gasteiger partial charge in [-0.1, -0.05) is 90.1 Å². The van der Waals surface area contributed by atoms with Crippen LogP contribution in [0.15, 0.2) is 48.5 Å². The van der Waals surface area contributed by atoms with Gasteiger partial charge in [0.25, 0.3) is 0 Å². The fourth-order valence-electron chi connectivity index (χ4n) is 3.16. The van der Waals surface area contributed by atoms with Crippen molar-refractivity contribution in [2.45, 2.75) is 67.2 Å². The van der Waals surface area contributed by atoms with Crippen LogP contribution in [-0.4, -0.2) is 0 Å². The molecule has 0 unspecified atom stereocenters. The molecule has 0 atom stereocenters. The van der Waals surface area contributed by atoms with Gasteiger partial charge in [-0.05, 0) is 58.8 Å². The van der Waals surface area contributed by atoms with Crippen molar-refractivity contribution in [3.63, 3.8) is 0 Å². The Morgan fingerprint density at radius 3 is 0.958 bits per heavy atom. The molecule has 0 heterocycles. The first-order chi connectivity index (χ1) is 11.1. The number of hydrogen-bond acceptors (Lipinski definition) is 0.